The summed E-state index contributed by atoms with van der Waals surface area (Å²) in [6.07, 6.45) is 4.23. The Balaban J connectivity index is 2.06. The summed E-state index contributed by atoms with van der Waals surface area (Å²) in [6, 6.07) is 5.33. The van der Waals surface area contributed by atoms with Crippen LogP contribution in [0.1, 0.15) is 31.2 Å². The summed E-state index contributed by atoms with van der Waals surface area (Å²) in [5, 5.41) is 0. The smallest absolute Gasteiger partial charge is 0.130 e. The molecule has 1 aromatic carbocycles. The monoisotopic (exact) mass is 220 g/mol. The molecular weight excluding hydrogens is 203 g/mol. The maximum absolute atomic E-state index is 13.9. The van der Waals surface area contributed by atoms with Gasteiger partial charge in [-0.3, -0.25) is 0 Å². The van der Waals surface area contributed by atoms with Crippen LogP contribution in [0.15, 0.2) is 18.2 Å². The normalized spacial score (nSPS) is 22.5. The molecule has 1 aliphatic carbocycles. The first-order valence-electron chi connectivity index (χ1n) is 6.03. The maximum atomic E-state index is 13.9. The summed E-state index contributed by atoms with van der Waals surface area (Å²) in [5.74, 6) is -0.135. The number of benzene rings is 1. The third-order valence-electron chi connectivity index (χ3n) is 3.72. The molecule has 0 unspecified atom stereocenters. The van der Waals surface area contributed by atoms with Gasteiger partial charge < -0.3 is 10.6 Å². The van der Waals surface area contributed by atoms with E-state index >= 15 is 0 Å². The lowest BCUT2D eigenvalue weighted by Gasteiger charge is -2.24. The summed E-state index contributed by atoms with van der Waals surface area (Å²) in [6.45, 7) is 2.07. The van der Waals surface area contributed by atoms with E-state index in [1.165, 1.54) is 18.9 Å². The van der Waals surface area contributed by atoms with E-state index < -0.39 is 0 Å². The molecule has 1 heterocycles. The summed E-state index contributed by atoms with van der Waals surface area (Å²) in [7, 11) is 0. The van der Waals surface area contributed by atoms with Crippen molar-refractivity contribution in [2.45, 2.75) is 31.2 Å². The Morgan fingerprint density at radius 2 is 1.88 bits per heavy atom. The molecule has 0 aromatic heterocycles. The van der Waals surface area contributed by atoms with Crippen molar-refractivity contribution < 1.29 is 4.39 Å². The minimum atomic E-state index is -0.386. The zero-order valence-electron chi connectivity index (χ0n) is 9.38. The maximum Gasteiger partial charge on any atom is 0.130 e. The molecule has 86 valence electrons. The SMILES string of the molecule is NC1(c2c(F)cccc2N2CCCC2)CC1. The van der Waals surface area contributed by atoms with E-state index in [2.05, 4.69) is 4.90 Å². The second-order valence-corrected chi connectivity index (χ2v) is 4.98. The van der Waals surface area contributed by atoms with E-state index in [1.54, 1.807) is 6.07 Å². The summed E-state index contributed by atoms with van der Waals surface area (Å²) >= 11 is 0. The molecule has 1 saturated heterocycles. The molecule has 0 radical (unpaired) electrons. The molecule has 2 N–H and O–H groups in total. The Bertz CT molecular complexity index is 406. The van der Waals surface area contributed by atoms with Crippen LogP contribution >= 0.6 is 0 Å². The van der Waals surface area contributed by atoms with Gasteiger partial charge in [-0.25, -0.2) is 4.39 Å². The molecular formula is C13H17FN2. The van der Waals surface area contributed by atoms with Crippen molar-refractivity contribution in [1.29, 1.82) is 0 Å². The van der Waals surface area contributed by atoms with Crippen LogP contribution in [-0.2, 0) is 5.54 Å². The van der Waals surface area contributed by atoms with Gasteiger partial charge in [0.15, 0.2) is 0 Å². The lowest BCUT2D eigenvalue weighted by atomic mass is 10.0. The molecule has 2 aliphatic rings. The highest BCUT2D eigenvalue weighted by Gasteiger charge is 2.44. The van der Waals surface area contributed by atoms with Crippen molar-refractivity contribution in [3.8, 4) is 0 Å². The van der Waals surface area contributed by atoms with Gasteiger partial charge in [0.1, 0.15) is 5.82 Å². The first-order valence-corrected chi connectivity index (χ1v) is 6.03. The Kier molecular flexibility index (Phi) is 2.18. The minimum Gasteiger partial charge on any atom is -0.371 e. The van der Waals surface area contributed by atoms with Gasteiger partial charge in [-0.2, -0.15) is 0 Å². The molecule has 2 nitrogen and oxygen atoms in total. The Morgan fingerprint density at radius 3 is 2.50 bits per heavy atom. The first-order chi connectivity index (χ1) is 7.71. The zero-order chi connectivity index (χ0) is 11.2. The van der Waals surface area contributed by atoms with Crippen molar-refractivity contribution in [3.63, 3.8) is 0 Å². The Morgan fingerprint density at radius 1 is 1.19 bits per heavy atom. The fourth-order valence-electron chi connectivity index (χ4n) is 2.61. The van der Waals surface area contributed by atoms with E-state index in [0.29, 0.717) is 0 Å². The van der Waals surface area contributed by atoms with Crippen LogP contribution in [0, 0.1) is 5.82 Å². The molecule has 1 aromatic rings. The van der Waals surface area contributed by atoms with Crippen molar-refractivity contribution in [1.82, 2.24) is 0 Å². The topological polar surface area (TPSA) is 29.3 Å². The molecule has 0 spiro atoms. The van der Waals surface area contributed by atoms with Crippen molar-refractivity contribution in [2.24, 2.45) is 5.73 Å². The Labute approximate surface area is 95.2 Å². The molecule has 3 rings (SSSR count). The highest BCUT2D eigenvalue weighted by atomic mass is 19.1. The third kappa shape index (κ3) is 1.50. The molecule has 0 bridgehead atoms. The van der Waals surface area contributed by atoms with E-state index in [0.717, 1.165) is 37.2 Å². The second-order valence-electron chi connectivity index (χ2n) is 4.98. The predicted molar refractivity (Wildman–Crippen MR) is 62.9 cm³/mol. The molecule has 1 saturated carbocycles. The van der Waals surface area contributed by atoms with Gasteiger partial charge in [0.05, 0.1) is 0 Å². The van der Waals surface area contributed by atoms with Crippen LogP contribution in [0.2, 0.25) is 0 Å². The molecule has 3 heteroatoms. The zero-order valence-corrected chi connectivity index (χ0v) is 9.38. The highest BCUT2D eigenvalue weighted by Crippen LogP contribution is 2.48. The summed E-state index contributed by atoms with van der Waals surface area (Å²) < 4.78 is 13.9. The van der Waals surface area contributed by atoms with Crippen LogP contribution in [-0.4, -0.2) is 13.1 Å². The highest BCUT2D eigenvalue weighted by molar-refractivity contribution is 5.59. The number of anilines is 1. The van der Waals surface area contributed by atoms with Gasteiger partial charge in [-0.05, 0) is 37.8 Å². The quantitative estimate of drug-likeness (QED) is 0.829. The van der Waals surface area contributed by atoms with Gasteiger partial charge in [-0.1, -0.05) is 6.07 Å². The van der Waals surface area contributed by atoms with Crippen LogP contribution in [0.4, 0.5) is 10.1 Å². The largest absolute Gasteiger partial charge is 0.371 e. The van der Waals surface area contributed by atoms with Crippen molar-refractivity contribution in [3.05, 3.63) is 29.6 Å². The molecule has 2 fully saturated rings. The molecule has 0 amide bonds. The van der Waals surface area contributed by atoms with E-state index in [-0.39, 0.29) is 11.4 Å². The minimum absolute atomic E-state index is 0.135. The number of hydrogen-bond acceptors (Lipinski definition) is 2. The van der Waals surface area contributed by atoms with Gasteiger partial charge in [0, 0.05) is 29.9 Å². The fourth-order valence-corrected chi connectivity index (χ4v) is 2.61. The van der Waals surface area contributed by atoms with Crippen LogP contribution in [0.5, 0.6) is 0 Å². The summed E-state index contributed by atoms with van der Waals surface area (Å²) in [5.41, 5.74) is 7.56. The van der Waals surface area contributed by atoms with Crippen molar-refractivity contribution >= 4 is 5.69 Å². The molecule has 0 atom stereocenters. The van der Waals surface area contributed by atoms with E-state index in [4.69, 9.17) is 5.73 Å². The van der Waals surface area contributed by atoms with E-state index in [9.17, 15) is 4.39 Å². The lowest BCUT2D eigenvalue weighted by molar-refractivity contribution is 0.577. The number of halogens is 1. The average molecular weight is 220 g/mol. The number of nitrogens with two attached hydrogens (primary N) is 1. The third-order valence-corrected chi connectivity index (χ3v) is 3.72. The lowest BCUT2D eigenvalue weighted by Crippen LogP contribution is -2.27. The van der Waals surface area contributed by atoms with Gasteiger partial charge in [0.25, 0.3) is 0 Å². The Hall–Kier alpha value is -1.09. The van der Waals surface area contributed by atoms with Gasteiger partial charge in [-0.15, -0.1) is 0 Å². The van der Waals surface area contributed by atoms with Gasteiger partial charge in [0.2, 0.25) is 0 Å². The first kappa shape index (κ1) is 10.1. The van der Waals surface area contributed by atoms with Gasteiger partial charge >= 0.3 is 0 Å². The molecule has 1 aliphatic heterocycles. The predicted octanol–water partition coefficient (Wildman–Crippen LogP) is 2.37. The fraction of sp³-hybridized carbons (Fsp3) is 0.538. The van der Waals surface area contributed by atoms with Crippen LogP contribution in [0.3, 0.4) is 0 Å². The van der Waals surface area contributed by atoms with Crippen LogP contribution in [0.25, 0.3) is 0 Å². The molecule has 16 heavy (non-hydrogen) atoms. The standard InChI is InChI=1S/C13H17FN2/c14-10-4-3-5-11(16-8-1-2-9-16)12(10)13(15)6-7-13/h3-5H,1-2,6-9,15H2. The van der Waals surface area contributed by atoms with Crippen molar-refractivity contribution in [2.75, 3.05) is 18.0 Å². The number of rotatable bonds is 2. The second kappa shape index (κ2) is 3.45. The average Bonchev–Trinajstić information content (AvgIpc) is 2.83. The van der Waals surface area contributed by atoms with E-state index in [1.807, 2.05) is 6.07 Å². The van der Waals surface area contributed by atoms with Crippen LogP contribution < -0.4 is 10.6 Å². The number of nitrogens with zero attached hydrogens (tertiary/aromatic N) is 1. The summed E-state index contributed by atoms with van der Waals surface area (Å²) in [4.78, 5) is 2.27. The number of hydrogen-bond donors (Lipinski definition) is 1.